The smallest absolute Gasteiger partial charge is 0.120 e. The van der Waals surface area contributed by atoms with E-state index >= 15 is 0 Å². The number of aryl methyl sites for hydroxylation is 1. The predicted octanol–water partition coefficient (Wildman–Crippen LogP) is 3.34. The summed E-state index contributed by atoms with van der Waals surface area (Å²) in [5.74, 6) is 1.05. The van der Waals surface area contributed by atoms with Gasteiger partial charge in [-0.05, 0) is 61.8 Å². The van der Waals surface area contributed by atoms with Gasteiger partial charge < -0.3 is 10.5 Å². The molecule has 0 aliphatic heterocycles. The Balaban J connectivity index is 1.71. The fourth-order valence-electron chi connectivity index (χ4n) is 3.08. The number of benzene rings is 1. The number of nitrogens with two attached hydrogens (primary N) is 1. The van der Waals surface area contributed by atoms with Crippen molar-refractivity contribution in [3.8, 4) is 5.75 Å². The molecule has 2 nitrogen and oxygen atoms in total. The predicted molar refractivity (Wildman–Crippen MR) is 69.2 cm³/mol. The van der Waals surface area contributed by atoms with Crippen molar-refractivity contribution in [3.63, 3.8) is 0 Å². The molecular formula is C15H21NO. The molecule has 0 aromatic heterocycles. The molecule has 0 saturated heterocycles. The Morgan fingerprint density at radius 1 is 1.06 bits per heavy atom. The maximum absolute atomic E-state index is 6.07. The summed E-state index contributed by atoms with van der Waals surface area (Å²) < 4.78 is 6.07. The topological polar surface area (TPSA) is 35.2 Å². The zero-order valence-electron chi connectivity index (χ0n) is 10.3. The van der Waals surface area contributed by atoms with Gasteiger partial charge in [-0.3, -0.25) is 0 Å². The van der Waals surface area contributed by atoms with E-state index in [1.165, 1.54) is 43.2 Å². The normalized spacial score (nSPS) is 24.6. The molecule has 2 heteroatoms. The molecule has 3 rings (SSSR count). The van der Waals surface area contributed by atoms with E-state index in [-0.39, 0.29) is 6.04 Å². The Kier molecular flexibility index (Phi) is 3.06. The van der Waals surface area contributed by atoms with Gasteiger partial charge in [0.2, 0.25) is 0 Å². The number of fused-ring (bicyclic) bond motifs is 1. The van der Waals surface area contributed by atoms with Crippen LogP contribution in [0, 0.1) is 0 Å². The lowest BCUT2D eigenvalue weighted by molar-refractivity contribution is 0.155. The summed E-state index contributed by atoms with van der Waals surface area (Å²) in [6, 6.07) is 6.70. The minimum absolute atomic E-state index is 0.244. The van der Waals surface area contributed by atoms with Crippen molar-refractivity contribution in [1.82, 2.24) is 0 Å². The van der Waals surface area contributed by atoms with Crippen LogP contribution in [0.2, 0.25) is 0 Å². The average molecular weight is 231 g/mol. The molecular weight excluding hydrogens is 210 g/mol. The standard InChI is InChI=1S/C15H21NO/c16-15-9-6-11-10-13(7-8-14(11)15)17-12-4-2-1-3-5-12/h7-8,10,12,15H,1-6,9,16H2/t15-/m1/s1. The average Bonchev–Trinajstić information content (AvgIpc) is 2.72. The van der Waals surface area contributed by atoms with Crippen LogP contribution in [-0.2, 0) is 6.42 Å². The first-order valence-corrected chi connectivity index (χ1v) is 6.88. The Morgan fingerprint density at radius 2 is 1.88 bits per heavy atom. The molecule has 2 N–H and O–H groups in total. The van der Waals surface area contributed by atoms with E-state index in [0.29, 0.717) is 6.10 Å². The molecule has 1 aromatic carbocycles. The lowest BCUT2D eigenvalue weighted by Crippen LogP contribution is -2.19. The van der Waals surface area contributed by atoms with Gasteiger partial charge in [0.1, 0.15) is 5.75 Å². The molecule has 0 spiro atoms. The number of hydrogen-bond acceptors (Lipinski definition) is 2. The second kappa shape index (κ2) is 4.69. The van der Waals surface area contributed by atoms with Gasteiger partial charge in [0.05, 0.1) is 6.10 Å². The minimum Gasteiger partial charge on any atom is -0.490 e. The molecule has 1 fully saturated rings. The van der Waals surface area contributed by atoms with E-state index in [0.717, 1.165) is 18.6 Å². The molecule has 1 aromatic rings. The van der Waals surface area contributed by atoms with Crippen molar-refractivity contribution >= 4 is 0 Å². The third-order valence-electron chi connectivity index (χ3n) is 4.09. The first kappa shape index (κ1) is 11.1. The van der Waals surface area contributed by atoms with Crippen molar-refractivity contribution in [2.45, 2.75) is 57.1 Å². The molecule has 0 unspecified atom stereocenters. The van der Waals surface area contributed by atoms with E-state index in [1.54, 1.807) is 0 Å². The SMILES string of the molecule is N[C@@H]1CCc2cc(OC3CCCCC3)ccc21. The summed E-state index contributed by atoms with van der Waals surface area (Å²) in [7, 11) is 0. The van der Waals surface area contributed by atoms with Crippen LogP contribution in [-0.4, -0.2) is 6.10 Å². The minimum atomic E-state index is 0.244. The van der Waals surface area contributed by atoms with Gasteiger partial charge in [0.25, 0.3) is 0 Å². The maximum atomic E-state index is 6.07. The number of hydrogen-bond donors (Lipinski definition) is 1. The van der Waals surface area contributed by atoms with Gasteiger partial charge in [-0.15, -0.1) is 0 Å². The van der Waals surface area contributed by atoms with E-state index in [4.69, 9.17) is 10.5 Å². The Labute approximate surface area is 103 Å². The van der Waals surface area contributed by atoms with Crippen molar-refractivity contribution < 1.29 is 4.74 Å². The molecule has 0 radical (unpaired) electrons. The fourth-order valence-corrected chi connectivity index (χ4v) is 3.08. The van der Waals surface area contributed by atoms with E-state index in [1.807, 2.05) is 0 Å². The van der Waals surface area contributed by atoms with Crippen LogP contribution in [0.5, 0.6) is 5.75 Å². The highest BCUT2D eigenvalue weighted by atomic mass is 16.5. The first-order valence-electron chi connectivity index (χ1n) is 6.88. The van der Waals surface area contributed by atoms with Crippen LogP contribution in [0.3, 0.4) is 0 Å². The zero-order chi connectivity index (χ0) is 11.7. The largest absolute Gasteiger partial charge is 0.490 e. The van der Waals surface area contributed by atoms with Gasteiger partial charge >= 0.3 is 0 Å². The lowest BCUT2D eigenvalue weighted by Gasteiger charge is -2.23. The third-order valence-corrected chi connectivity index (χ3v) is 4.09. The Bertz CT molecular complexity index is 396. The summed E-state index contributed by atoms with van der Waals surface area (Å²) in [6.45, 7) is 0. The van der Waals surface area contributed by atoms with Crippen LogP contribution in [0.15, 0.2) is 18.2 Å². The highest BCUT2D eigenvalue weighted by Gasteiger charge is 2.20. The number of rotatable bonds is 2. The second-order valence-electron chi connectivity index (χ2n) is 5.38. The zero-order valence-corrected chi connectivity index (χ0v) is 10.3. The van der Waals surface area contributed by atoms with Crippen LogP contribution >= 0.6 is 0 Å². The van der Waals surface area contributed by atoms with Gasteiger partial charge in [-0.2, -0.15) is 0 Å². The lowest BCUT2D eigenvalue weighted by atomic mass is 9.98. The molecule has 2 aliphatic rings. The van der Waals surface area contributed by atoms with Crippen molar-refractivity contribution in [2.75, 3.05) is 0 Å². The van der Waals surface area contributed by atoms with Gasteiger partial charge in [0, 0.05) is 6.04 Å². The van der Waals surface area contributed by atoms with Gasteiger partial charge in [0.15, 0.2) is 0 Å². The second-order valence-corrected chi connectivity index (χ2v) is 5.38. The van der Waals surface area contributed by atoms with Crippen molar-refractivity contribution in [2.24, 2.45) is 5.73 Å². The van der Waals surface area contributed by atoms with Crippen LogP contribution in [0.1, 0.15) is 55.7 Å². The first-order chi connectivity index (χ1) is 8.33. The Hall–Kier alpha value is -1.02. The highest BCUT2D eigenvalue weighted by molar-refractivity contribution is 5.40. The molecule has 0 bridgehead atoms. The maximum Gasteiger partial charge on any atom is 0.120 e. The monoisotopic (exact) mass is 231 g/mol. The molecule has 0 heterocycles. The summed E-state index contributed by atoms with van der Waals surface area (Å²) in [5.41, 5.74) is 8.75. The van der Waals surface area contributed by atoms with Gasteiger partial charge in [-0.25, -0.2) is 0 Å². The highest BCUT2D eigenvalue weighted by Crippen LogP contribution is 2.33. The fraction of sp³-hybridized carbons (Fsp3) is 0.600. The van der Waals surface area contributed by atoms with Crippen LogP contribution in [0.25, 0.3) is 0 Å². The Morgan fingerprint density at radius 3 is 2.71 bits per heavy atom. The van der Waals surface area contributed by atoms with Crippen LogP contribution in [0.4, 0.5) is 0 Å². The molecule has 92 valence electrons. The van der Waals surface area contributed by atoms with E-state index < -0.39 is 0 Å². The molecule has 0 amide bonds. The van der Waals surface area contributed by atoms with Crippen molar-refractivity contribution in [3.05, 3.63) is 29.3 Å². The van der Waals surface area contributed by atoms with Crippen LogP contribution < -0.4 is 10.5 Å². The summed E-state index contributed by atoms with van der Waals surface area (Å²) in [4.78, 5) is 0. The molecule has 2 aliphatic carbocycles. The third kappa shape index (κ3) is 2.32. The molecule has 1 saturated carbocycles. The molecule has 17 heavy (non-hydrogen) atoms. The number of ether oxygens (including phenoxy) is 1. The molecule has 1 atom stereocenters. The van der Waals surface area contributed by atoms with E-state index in [2.05, 4.69) is 18.2 Å². The summed E-state index contributed by atoms with van der Waals surface area (Å²) in [5, 5.41) is 0. The summed E-state index contributed by atoms with van der Waals surface area (Å²) >= 11 is 0. The van der Waals surface area contributed by atoms with Crippen molar-refractivity contribution in [1.29, 1.82) is 0 Å². The summed E-state index contributed by atoms with van der Waals surface area (Å²) in [6.07, 6.45) is 9.09. The van der Waals surface area contributed by atoms with E-state index in [9.17, 15) is 0 Å². The quantitative estimate of drug-likeness (QED) is 0.847. The van der Waals surface area contributed by atoms with Gasteiger partial charge in [-0.1, -0.05) is 12.5 Å².